The zero-order chi connectivity index (χ0) is 18.5. The number of aryl methyl sites for hydroxylation is 1. The van der Waals surface area contributed by atoms with Gasteiger partial charge >= 0.3 is 0 Å². The quantitative estimate of drug-likeness (QED) is 0.708. The van der Waals surface area contributed by atoms with Crippen molar-refractivity contribution in [2.45, 2.75) is 33.4 Å². The Bertz CT molecular complexity index is 873. The van der Waals surface area contributed by atoms with E-state index < -0.39 is 0 Å². The zero-order valence-corrected chi connectivity index (χ0v) is 15.0. The van der Waals surface area contributed by atoms with Crippen LogP contribution >= 0.6 is 0 Å². The predicted octanol–water partition coefficient (Wildman–Crippen LogP) is 3.19. The summed E-state index contributed by atoms with van der Waals surface area (Å²) in [5, 5.41) is 10.1. The summed E-state index contributed by atoms with van der Waals surface area (Å²) in [6.07, 6.45) is 3.00. The number of nitrogens with one attached hydrogen (secondary N) is 2. The molecule has 0 aliphatic rings. The molecule has 0 bridgehead atoms. The van der Waals surface area contributed by atoms with Crippen LogP contribution in [0.4, 0.5) is 5.82 Å². The molecule has 7 nitrogen and oxygen atoms in total. The molecule has 0 saturated heterocycles. The fourth-order valence-corrected chi connectivity index (χ4v) is 2.47. The maximum Gasteiger partial charge on any atom is 0.271 e. The van der Waals surface area contributed by atoms with Crippen molar-refractivity contribution in [2.24, 2.45) is 0 Å². The Kier molecular flexibility index (Phi) is 5.26. The van der Waals surface area contributed by atoms with Gasteiger partial charge in [-0.2, -0.15) is 0 Å². The molecule has 134 valence electrons. The smallest absolute Gasteiger partial charge is 0.271 e. The molecular weight excluding hydrogens is 330 g/mol. The molecule has 3 rings (SSSR count). The van der Waals surface area contributed by atoms with E-state index >= 15 is 0 Å². The highest BCUT2D eigenvalue weighted by atomic mass is 16.5. The third-order valence-corrected chi connectivity index (χ3v) is 3.78. The molecule has 0 atom stereocenters. The van der Waals surface area contributed by atoms with Gasteiger partial charge in [0.2, 0.25) is 0 Å². The molecule has 7 heteroatoms. The van der Waals surface area contributed by atoms with Gasteiger partial charge in [-0.3, -0.25) is 4.79 Å². The zero-order valence-electron chi connectivity index (χ0n) is 15.0. The highest BCUT2D eigenvalue weighted by Crippen LogP contribution is 2.25. The van der Waals surface area contributed by atoms with E-state index in [0.29, 0.717) is 12.4 Å². The molecule has 2 N–H and O–H groups in total. The van der Waals surface area contributed by atoms with Crippen LogP contribution < -0.4 is 10.6 Å². The van der Waals surface area contributed by atoms with Gasteiger partial charge in [-0.25, -0.2) is 9.97 Å². The minimum atomic E-state index is -0.236. The van der Waals surface area contributed by atoms with Crippen molar-refractivity contribution in [3.63, 3.8) is 0 Å². The van der Waals surface area contributed by atoms with Crippen LogP contribution in [0.1, 0.15) is 35.7 Å². The van der Waals surface area contributed by atoms with Crippen LogP contribution in [0.5, 0.6) is 0 Å². The Hall–Kier alpha value is -3.22. The van der Waals surface area contributed by atoms with E-state index in [9.17, 15) is 4.79 Å². The Morgan fingerprint density at radius 2 is 1.92 bits per heavy atom. The van der Waals surface area contributed by atoms with Gasteiger partial charge in [0.15, 0.2) is 0 Å². The normalized spacial score (nSPS) is 10.8. The number of benzene rings is 1. The third-order valence-electron chi connectivity index (χ3n) is 3.78. The van der Waals surface area contributed by atoms with Gasteiger partial charge in [-0.15, -0.1) is 0 Å². The number of hydrogen-bond acceptors (Lipinski definition) is 6. The Labute approximate surface area is 151 Å². The SMILES string of the molecule is Cc1onc(-c2ccccc2)c1CNc1cnc(C(=O)NC(C)C)cn1. The number of aromatic nitrogens is 3. The molecule has 0 aliphatic carbocycles. The first-order valence-corrected chi connectivity index (χ1v) is 8.42. The second kappa shape index (κ2) is 7.77. The van der Waals surface area contributed by atoms with Crippen LogP contribution in [-0.4, -0.2) is 27.1 Å². The van der Waals surface area contributed by atoms with E-state index in [2.05, 4.69) is 25.8 Å². The number of anilines is 1. The molecule has 1 amide bonds. The van der Waals surface area contributed by atoms with Gasteiger partial charge in [-0.1, -0.05) is 35.5 Å². The van der Waals surface area contributed by atoms with Crippen LogP contribution in [0.2, 0.25) is 0 Å². The molecule has 26 heavy (non-hydrogen) atoms. The maximum absolute atomic E-state index is 11.9. The van der Waals surface area contributed by atoms with Crippen molar-refractivity contribution in [2.75, 3.05) is 5.32 Å². The van der Waals surface area contributed by atoms with E-state index in [1.54, 1.807) is 6.20 Å². The minimum absolute atomic E-state index is 0.0510. The van der Waals surface area contributed by atoms with Crippen LogP contribution in [0.3, 0.4) is 0 Å². The second-order valence-electron chi connectivity index (χ2n) is 6.20. The van der Waals surface area contributed by atoms with Gasteiger partial charge in [0, 0.05) is 23.7 Å². The van der Waals surface area contributed by atoms with Crippen LogP contribution in [0.25, 0.3) is 11.3 Å². The number of hydrogen-bond donors (Lipinski definition) is 2. The standard InChI is InChI=1S/C19H21N5O2/c1-12(2)23-19(25)16-10-22-17(11-20-16)21-9-15-13(3)26-24-18(15)14-7-5-4-6-8-14/h4-8,10-12H,9H2,1-3H3,(H,21,22)(H,23,25). The molecular formula is C19H21N5O2. The van der Waals surface area contributed by atoms with Gasteiger partial charge < -0.3 is 15.2 Å². The number of rotatable bonds is 6. The van der Waals surface area contributed by atoms with Crippen molar-refractivity contribution in [1.82, 2.24) is 20.4 Å². The van der Waals surface area contributed by atoms with E-state index in [1.807, 2.05) is 51.1 Å². The molecule has 3 aromatic rings. The van der Waals surface area contributed by atoms with Gasteiger partial charge in [0.25, 0.3) is 5.91 Å². The maximum atomic E-state index is 11.9. The molecule has 0 aliphatic heterocycles. The molecule has 2 aromatic heterocycles. The average Bonchev–Trinajstić information content (AvgIpc) is 3.01. The van der Waals surface area contributed by atoms with Crippen molar-refractivity contribution in [3.8, 4) is 11.3 Å². The van der Waals surface area contributed by atoms with Crippen molar-refractivity contribution >= 4 is 11.7 Å². The van der Waals surface area contributed by atoms with Crippen LogP contribution in [-0.2, 0) is 6.54 Å². The summed E-state index contributed by atoms with van der Waals surface area (Å²) in [6, 6.07) is 9.91. The Morgan fingerprint density at radius 3 is 2.58 bits per heavy atom. The monoisotopic (exact) mass is 351 g/mol. The first-order valence-electron chi connectivity index (χ1n) is 8.42. The van der Waals surface area contributed by atoms with Gasteiger partial charge in [0.05, 0.1) is 12.4 Å². The summed E-state index contributed by atoms with van der Waals surface area (Å²) in [5.74, 6) is 1.09. The first kappa shape index (κ1) is 17.6. The lowest BCUT2D eigenvalue weighted by Gasteiger charge is -2.09. The average molecular weight is 351 g/mol. The predicted molar refractivity (Wildman–Crippen MR) is 98.6 cm³/mol. The highest BCUT2D eigenvalue weighted by Gasteiger charge is 2.15. The van der Waals surface area contributed by atoms with E-state index in [0.717, 1.165) is 22.6 Å². The highest BCUT2D eigenvalue weighted by molar-refractivity contribution is 5.92. The summed E-state index contributed by atoms with van der Waals surface area (Å²) >= 11 is 0. The fraction of sp³-hybridized carbons (Fsp3) is 0.263. The molecule has 2 heterocycles. The number of nitrogens with zero attached hydrogens (tertiary/aromatic N) is 3. The molecule has 0 spiro atoms. The molecule has 0 radical (unpaired) electrons. The van der Waals surface area contributed by atoms with E-state index in [1.165, 1.54) is 6.20 Å². The minimum Gasteiger partial charge on any atom is -0.365 e. The topological polar surface area (TPSA) is 92.9 Å². The van der Waals surface area contributed by atoms with Crippen molar-refractivity contribution in [1.29, 1.82) is 0 Å². The lowest BCUT2D eigenvalue weighted by atomic mass is 10.1. The van der Waals surface area contributed by atoms with E-state index in [-0.39, 0.29) is 17.6 Å². The summed E-state index contributed by atoms with van der Waals surface area (Å²) in [4.78, 5) is 20.3. The van der Waals surface area contributed by atoms with E-state index in [4.69, 9.17) is 4.52 Å². The molecule has 0 saturated carbocycles. The lowest BCUT2D eigenvalue weighted by molar-refractivity contribution is 0.0937. The summed E-state index contributed by atoms with van der Waals surface area (Å²) < 4.78 is 5.35. The van der Waals surface area contributed by atoms with Crippen molar-refractivity contribution < 1.29 is 9.32 Å². The molecule has 0 fully saturated rings. The first-order chi connectivity index (χ1) is 12.5. The Balaban J connectivity index is 1.70. The lowest BCUT2D eigenvalue weighted by Crippen LogP contribution is -2.30. The second-order valence-corrected chi connectivity index (χ2v) is 6.20. The third kappa shape index (κ3) is 4.05. The summed E-state index contributed by atoms with van der Waals surface area (Å²) in [7, 11) is 0. The Morgan fingerprint density at radius 1 is 1.15 bits per heavy atom. The molecule has 0 unspecified atom stereocenters. The largest absolute Gasteiger partial charge is 0.365 e. The van der Waals surface area contributed by atoms with Crippen molar-refractivity contribution in [3.05, 3.63) is 59.7 Å². The van der Waals surface area contributed by atoms with Gasteiger partial charge in [0.1, 0.15) is 23.0 Å². The number of carbonyl (C=O) groups is 1. The fourth-order valence-electron chi connectivity index (χ4n) is 2.47. The molecule has 1 aromatic carbocycles. The van der Waals surface area contributed by atoms with Gasteiger partial charge in [-0.05, 0) is 20.8 Å². The van der Waals surface area contributed by atoms with Crippen LogP contribution in [0, 0.1) is 6.92 Å². The number of amides is 1. The summed E-state index contributed by atoms with van der Waals surface area (Å²) in [5.41, 5.74) is 3.04. The van der Waals surface area contributed by atoms with Crippen LogP contribution in [0.15, 0.2) is 47.2 Å². The summed E-state index contributed by atoms with van der Waals surface area (Å²) in [6.45, 7) is 6.16. The number of carbonyl (C=O) groups excluding carboxylic acids is 1.